The summed E-state index contributed by atoms with van der Waals surface area (Å²) >= 11 is 11.6. The van der Waals surface area contributed by atoms with E-state index in [0.717, 1.165) is 6.54 Å². The highest BCUT2D eigenvalue weighted by atomic mass is 35.5. The van der Waals surface area contributed by atoms with Crippen molar-refractivity contribution < 1.29 is 4.74 Å². The van der Waals surface area contributed by atoms with Gasteiger partial charge in [0.05, 0.1) is 11.2 Å². The summed E-state index contributed by atoms with van der Waals surface area (Å²) < 4.78 is 5.65. The molecule has 88 valence electrons. The lowest BCUT2D eigenvalue weighted by Gasteiger charge is -2.19. The van der Waals surface area contributed by atoms with Gasteiger partial charge < -0.3 is 9.64 Å². The predicted octanol–water partition coefficient (Wildman–Crippen LogP) is 2.86. The van der Waals surface area contributed by atoms with Crippen LogP contribution >= 0.6 is 23.2 Å². The topological polar surface area (TPSA) is 25.4 Å². The van der Waals surface area contributed by atoms with Crippen LogP contribution in [0.1, 0.15) is 12.8 Å². The van der Waals surface area contributed by atoms with Crippen molar-refractivity contribution in [2.24, 2.45) is 0 Å². The molecule has 1 atom stereocenters. The number of hydrogen-bond donors (Lipinski definition) is 0. The molecule has 3 nitrogen and oxygen atoms in total. The molecule has 2 heterocycles. The van der Waals surface area contributed by atoms with E-state index in [-0.39, 0.29) is 0 Å². The average Bonchev–Trinajstić information content (AvgIpc) is 2.66. The number of nitrogens with zero attached hydrogens (tertiary/aromatic N) is 2. The molecule has 0 unspecified atom stereocenters. The number of halogens is 2. The number of aromatic nitrogens is 1. The first kappa shape index (κ1) is 12.0. The van der Waals surface area contributed by atoms with Gasteiger partial charge in [0.15, 0.2) is 0 Å². The molecule has 0 saturated carbocycles. The van der Waals surface area contributed by atoms with E-state index in [1.165, 1.54) is 12.8 Å². The van der Waals surface area contributed by atoms with E-state index < -0.39 is 0 Å². The van der Waals surface area contributed by atoms with E-state index in [4.69, 9.17) is 27.9 Å². The van der Waals surface area contributed by atoms with Gasteiger partial charge in [0.1, 0.15) is 17.5 Å². The highest BCUT2D eigenvalue weighted by Crippen LogP contribution is 2.24. The Hall–Kier alpha value is -0.510. The lowest BCUT2D eigenvalue weighted by molar-refractivity contribution is 0.198. The maximum absolute atomic E-state index is 5.85. The molecule has 0 amide bonds. The van der Waals surface area contributed by atoms with Crippen LogP contribution in [-0.4, -0.2) is 36.1 Å². The summed E-state index contributed by atoms with van der Waals surface area (Å²) in [5.41, 5.74) is 0. The molecule has 0 spiro atoms. The molecule has 0 aromatic carbocycles. The predicted molar refractivity (Wildman–Crippen MR) is 65.4 cm³/mol. The Bertz CT molecular complexity index is 373. The van der Waals surface area contributed by atoms with Crippen LogP contribution in [0.4, 0.5) is 0 Å². The van der Waals surface area contributed by atoms with Crippen LogP contribution < -0.4 is 4.74 Å². The molecule has 1 aliphatic rings. The van der Waals surface area contributed by atoms with Crippen LogP contribution in [0.25, 0.3) is 0 Å². The third kappa shape index (κ3) is 2.78. The van der Waals surface area contributed by atoms with Gasteiger partial charge in [-0.1, -0.05) is 23.2 Å². The largest absolute Gasteiger partial charge is 0.490 e. The van der Waals surface area contributed by atoms with Crippen molar-refractivity contribution in [3.05, 3.63) is 22.4 Å². The van der Waals surface area contributed by atoms with Crippen LogP contribution in [0.5, 0.6) is 5.75 Å². The summed E-state index contributed by atoms with van der Waals surface area (Å²) in [6.07, 6.45) is 4.03. The molecule has 0 aliphatic carbocycles. The fraction of sp³-hybridized carbons (Fsp3) is 0.545. The Morgan fingerprint density at radius 3 is 3.00 bits per heavy atom. The van der Waals surface area contributed by atoms with Crippen molar-refractivity contribution in [1.82, 2.24) is 9.88 Å². The van der Waals surface area contributed by atoms with Crippen LogP contribution in [0.15, 0.2) is 12.3 Å². The molecule has 1 aliphatic heterocycles. The minimum absolute atomic E-state index is 0.312. The Balaban J connectivity index is 1.91. The maximum Gasteiger partial charge on any atom is 0.147 e. The summed E-state index contributed by atoms with van der Waals surface area (Å²) in [6, 6.07) is 2.20. The Kier molecular flexibility index (Phi) is 3.90. The molecule has 0 radical (unpaired) electrons. The van der Waals surface area contributed by atoms with Crippen molar-refractivity contribution in [2.45, 2.75) is 18.9 Å². The summed E-state index contributed by atoms with van der Waals surface area (Å²) in [4.78, 5) is 6.25. The summed E-state index contributed by atoms with van der Waals surface area (Å²) in [5.74, 6) is 0.676. The number of ether oxygens (including phenoxy) is 1. The van der Waals surface area contributed by atoms with Crippen molar-refractivity contribution in [1.29, 1.82) is 0 Å². The Morgan fingerprint density at radius 1 is 1.56 bits per heavy atom. The van der Waals surface area contributed by atoms with Gasteiger partial charge in [0.2, 0.25) is 0 Å². The molecule has 2 rings (SSSR count). The minimum Gasteiger partial charge on any atom is -0.490 e. The number of rotatable bonds is 3. The van der Waals surface area contributed by atoms with E-state index in [2.05, 4.69) is 16.9 Å². The third-order valence-corrected chi connectivity index (χ3v) is 3.57. The fourth-order valence-corrected chi connectivity index (χ4v) is 2.12. The lowest BCUT2D eigenvalue weighted by atomic mass is 10.2. The van der Waals surface area contributed by atoms with E-state index in [1.54, 1.807) is 12.3 Å². The highest BCUT2D eigenvalue weighted by molar-refractivity contribution is 6.41. The van der Waals surface area contributed by atoms with Crippen LogP contribution in [0.2, 0.25) is 10.2 Å². The summed E-state index contributed by atoms with van der Waals surface area (Å²) in [6.45, 7) is 1.82. The zero-order valence-electron chi connectivity index (χ0n) is 9.12. The average molecular weight is 261 g/mol. The van der Waals surface area contributed by atoms with Crippen molar-refractivity contribution in [3.63, 3.8) is 0 Å². The number of likely N-dealkylation sites (N-methyl/N-ethyl adjacent to an activating group) is 1. The minimum atomic E-state index is 0.312. The van der Waals surface area contributed by atoms with Crippen LogP contribution in [-0.2, 0) is 0 Å². The molecule has 1 aromatic heterocycles. The molecule has 1 aromatic rings. The normalized spacial score (nSPS) is 21.3. The van der Waals surface area contributed by atoms with Gasteiger partial charge in [-0.2, -0.15) is 0 Å². The monoisotopic (exact) mass is 260 g/mol. The van der Waals surface area contributed by atoms with Gasteiger partial charge in [-0.3, -0.25) is 0 Å². The second-order valence-corrected chi connectivity index (χ2v) is 4.80. The highest BCUT2D eigenvalue weighted by Gasteiger charge is 2.21. The second kappa shape index (κ2) is 5.21. The first-order chi connectivity index (χ1) is 7.66. The number of pyridine rings is 1. The fourth-order valence-electron chi connectivity index (χ4n) is 1.86. The first-order valence-electron chi connectivity index (χ1n) is 5.31. The van der Waals surface area contributed by atoms with Gasteiger partial charge in [-0.15, -0.1) is 0 Å². The molecule has 16 heavy (non-hydrogen) atoms. The zero-order valence-corrected chi connectivity index (χ0v) is 10.6. The van der Waals surface area contributed by atoms with Crippen molar-refractivity contribution in [2.75, 3.05) is 20.2 Å². The molecule has 0 N–H and O–H groups in total. The van der Waals surface area contributed by atoms with Crippen molar-refractivity contribution >= 4 is 23.2 Å². The van der Waals surface area contributed by atoms with Crippen molar-refractivity contribution in [3.8, 4) is 5.75 Å². The first-order valence-corrected chi connectivity index (χ1v) is 6.06. The Labute approximate surface area is 105 Å². The molecule has 1 fully saturated rings. The number of hydrogen-bond acceptors (Lipinski definition) is 3. The van der Waals surface area contributed by atoms with E-state index in [0.29, 0.717) is 28.6 Å². The summed E-state index contributed by atoms with van der Waals surface area (Å²) in [7, 11) is 2.12. The van der Waals surface area contributed by atoms with Crippen LogP contribution in [0, 0.1) is 0 Å². The van der Waals surface area contributed by atoms with Gasteiger partial charge in [0.25, 0.3) is 0 Å². The molecular weight excluding hydrogens is 247 g/mol. The van der Waals surface area contributed by atoms with Gasteiger partial charge in [-0.25, -0.2) is 4.98 Å². The van der Waals surface area contributed by atoms with Gasteiger partial charge >= 0.3 is 0 Å². The smallest absolute Gasteiger partial charge is 0.147 e. The quantitative estimate of drug-likeness (QED) is 0.782. The second-order valence-electron chi connectivity index (χ2n) is 4.03. The van der Waals surface area contributed by atoms with Gasteiger partial charge in [0, 0.05) is 12.1 Å². The molecule has 0 bridgehead atoms. The Morgan fingerprint density at radius 2 is 2.38 bits per heavy atom. The lowest BCUT2D eigenvalue weighted by Crippen LogP contribution is -2.30. The van der Waals surface area contributed by atoms with E-state index in [1.807, 2.05) is 0 Å². The van der Waals surface area contributed by atoms with Crippen LogP contribution in [0.3, 0.4) is 0 Å². The SMILES string of the molecule is CN1CCC[C@@H]1COc1cnc(Cl)c(Cl)c1. The van der Waals surface area contributed by atoms with E-state index >= 15 is 0 Å². The van der Waals surface area contributed by atoms with E-state index in [9.17, 15) is 0 Å². The standard InChI is InChI=1S/C11H14Cl2N2O/c1-15-4-2-3-8(15)7-16-9-5-10(12)11(13)14-6-9/h5-6,8H,2-4,7H2,1H3/t8-/m1/s1. The molecule has 1 saturated heterocycles. The zero-order chi connectivity index (χ0) is 11.5. The number of likely N-dealkylation sites (tertiary alicyclic amines) is 1. The molecular formula is C11H14Cl2N2O. The van der Waals surface area contributed by atoms with Gasteiger partial charge in [-0.05, 0) is 26.4 Å². The molecule has 5 heteroatoms. The third-order valence-electron chi connectivity index (χ3n) is 2.89. The summed E-state index contributed by atoms with van der Waals surface area (Å²) in [5, 5.41) is 0.742. The maximum atomic E-state index is 5.85.